The maximum absolute atomic E-state index is 12.1. The molecule has 0 aliphatic carbocycles. The summed E-state index contributed by atoms with van der Waals surface area (Å²) in [7, 11) is 3.22. The monoisotopic (exact) mass is 295 g/mol. The summed E-state index contributed by atoms with van der Waals surface area (Å²) in [6.07, 6.45) is 0. The van der Waals surface area contributed by atoms with Gasteiger partial charge in [-0.1, -0.05) is 0 Å². The number of amides is 1. The molecule has 6 heteroatoms. The molecule has 118 valence electrons. The molecule has 1 aromatic rings. The number of nitrogens with two attached hydrogens (primary N) is 1. The molecule has 0 aliphatic rings. The van der Waals surface area contributed by atoms with Gasteiger partial charge in [-0.25, -0.2) is 0 Å². The first-order valence-corrected chi connectivity index (χ1v) is 6.94. The van der Waals surface area contributed by atoms with Crippen molar-refractivity contribution in [2.45, 2.75) is 19.9 Å². The van der Waals surface area contributed by atoms with Gasteiger partial charge in [0.2, 0.25) is 5.91 Å². The van der Waals surface area contributed by atoms with Gasteiger partial charge in [0.25, 0.3) is 0 Å². The number of ether oxygens (including phenoxy) is 2. The van der Waals surface area contributed by atoms with E-state index in [0.29, 0.717) is 36.8 Å². The molecular weight excluding hydrogens is 270 g/mol. The largest absolute Gasteiger partial charge is 0.497 e. The fourth-order valence-electron chi connectivity index (χ4n) is 1.88. The quantitative estimate of drug-likeness (QED) is 0.712. The topological polar surface area (TPSA) is 76.8 Å². The minimum Gasteiger partial charge on any atom is -0.497 e. The molecule has 0 atom stereocenters. The van der Waals surface area contributed by atoms with E-state index in [0.717, 1.165) is 0 Å². The molecule has 0 aromatic heterocycles. The van der Waals surface area contributed by atoms with E-state index in [1.54, 1.807) is 32.4 Å². The lowest BCUT2D eigenvalue weighted by Gasteiger charge is -2.25. The van der Waals surface area contributed by atoms with Gasteiger partial charge in [-0.2, -0.15) is 0 Å². The molecule has 0 heterocycles. The fourth-order valence-corrected chi connectivity index (χ4v) is 1.88. The zero-order chi connectivity index (χ0) is 15.8. The smallest absolute Gasteiger partial charge is 0.238 e. The second kappa shape index (κ2) is 8.49. The SMILES string of the molecule is COCCN(CC(=O)Nc1ccc(OC)cc1N)C(C)C. The standard InChI is InChI=1S/C15H25N3O3/c1-11(2)18(7-8-20-3)10-15(19)17-14-6-5-12(21-4)9-13(14)16/h5-6,9,11H,7-8,10,16H2,1-4H3,(H,17,19). The first-order valence-electron chi connectivity index (χ1n) is 6.94. The number of nitrogens with one attached hydrogen (secondary N) is 1. The van der Waals surface area contributed by atoms with E-state index in [1.807, 2.05) is 18.7 Å². The highest BCUT2D eigenvalue weighted by Crippen LogP contribution is 2.23. The molecule has 21 heavy (non-hydrogen) atoms. The van der Waals surface area contributed by atoms with Gasteiger partial charge in [-0.15, -0.1) is 0 Å². The Morgan fingerprint density at radius 1 is 1.38 bits per heavy atom. The Morgan fingerprint density at radius 2 is 2.10 bits per heavy atom. The van der Waals surface area contributed by atoms with E-state index in [9.17, 15) is 4.79 Å². The summed E-state index contributed by atoms with van der Waals surface area (Å²) in [6, 6.07) is 5.44. The molecular formula is C15H25N3O3. The summed E-state index contributed by atoms with van der Waals surface area (Å²) < 4.78 is 10.1. The van der Waals surface area contributed by atoms with E-state index in [1.165, 1.54) is 0 Å². The van der Waals surface area contributed by atoms with Gasteiger partial charge in [-0.3, -0.25) is 9.69 Å². The van der Waals surface area contributed by atoms with Crippen LogP contribution in [0.5, 0.6) is 5.75 Å². The van der Waals surface area contributed by atoms with Gasteiger partial charge in [0.05, 0.1) is 31.6 Å². The number of carbonyl (C=O) groups excluding carboxylic acids is 1. The van der Waals surface area contributed by atoms with Crippen molar-refractivity contribution in [1.29, 1.82) is 0 Å². The van der Waals surface area contributed by atoms with Crippen LogP contribution in [-0.4, -0.2) is 50.8 Å². The molecule has 0 saturated heterocycles. The highest BCUT2D eigenvalue weighted by Gasteiger charge is 2.14. The minimum absolute atomic E-state index is 0.100. The normalized spacial score (nSPS) is 11.0. The Bertz CT molecular complexity index is 463. The van der Waals surface area contributed by atoms with E-state index in [4.69, 9.17) is 15.2 Å². The van der Waals surface area contributed by atoms with Crippen molar-refractivity contribution in [2.24, 2.45) is 0 Å². The minimum atomic E-state index is -0.100. The van der Waals surface area contributed by atoms with Crippen LogP contribution in [0.25, 0.3) is 0 Å². The predicted octanol–water partition coefficient (Wildman–Crippen LogP) is 1.57. The predicted molar refractivity (Wildman–Crippen MR) is 84.6 cm³/mol. The van der Waals surface area contributed by atoms with Crippen molar-refractivity contribution in [3.63, 3.8) is 0 Å². The second-order valence-electron chi connectivity index (χ2n) is 5.06. The van der Waals surface area contributed by atoms with Gasteiger partial charge in [0.15, 0.2) is 0 Å². The van der Waals surface area contributed by atoms with Crippen molar-refractivity contribution >= 4 is 17.3 Å². The number of carbonyl (C=O) groups is 1. The van der Waals surface area contributed by atoms with Crippen LogP contribution in [0.2, 0.25) is 0 Å². The highest BCUT2D eigenvalue weighted by atomic mass is 16.5. The van der Waals surface area contributed by atoms with Gasteiger partial charge in [0.1, 0.15) is 5.75 Å². The molecule has 0 aliphatic heterocycles. The second-order valence-corrected chi connectivity index (χ2v) is 5.06. The van der Waals surface area contributed by atoms with Crippen molar-refractivity contribution < 1.29 is 14.3 Å². The van der Waals surface area contributed by atoms with Crippen LogP contribution >= 0.6 is 0 Å². The zero-order valence-corrected chi connectivity index (χ0v) is 13.2. The molecule has 0 bridgehead atoms. The van der Waals surface area contributed by atoms with Crippen LogP contribution in [0.1, 0.15) is 13.8 Å². The molecule has 1 amide bonds. The van der Waals surface area contributed by atoms with Crippen molar-refractivity contribution in [3.05, 3.63) is 18.2 Å². The number of benzene rings is 1. The first-order chi connectivity index (χ1) is 9.97. The molecule has 0 fully saturated rings. The molecule has 0 spiro atoms. The third kappa shape index (κ3) is 5.61. The maximum Gasteiger partial charge on any atom is 0.238 e. The first kappa shape index (κ1) is 17.3. The van der Waals surface area contributed by atoms with Gasteiger partial charge in [-0.05, 0) is 26.0 Å². The molecule has 3 N–H and O–H groups in total. The van der Waals surface area contributed by atoms with E-state index >= 15 is 0 Å². The Morgan fingerprint density at radius 3 is 2.62 bits per heavy atom. The lowest BCUT2D eigenvalue weighted by molar-refractivity contribution is -0.117. The number of hydrogen-bond acceptors (Lipinski definition) is 5. The van der Waals surface area contributed by atoms with Crippen LogP contribution in [0.4, 0.5) is 11.4 Å². The third-order valence-electron chi connectivity index (χ3n) is 3.19. The van der Waals surface area contributed by atoms with E-state index in [2.05, 4.69) is 5.32 Å². The Hall–Kier alpha value is -1.79. The van der Waals surface area contributed by atoms with Gasteiger partial charge >= 0.3 is 0 Å². The molecule has 1 rings (SSSR count). The Balaban J connectivity index is 2.63. The van der Waals surface area contributed by atoms with Crippen LogP contribution < -0.4 is 15.8 Å². The summed E-state index contributed by atoms with van der Waals surface area (Å²) >= 11 is 0. The van der Waals surface area contributed by atoms with E-state index in [-0.39, 0.29) is 11.9 Å². The van der Waals surface area contributed by atoms with Crippen LogP contribution in [0.15, 0.2) is 18.2 Å². The Labute approximate surface area is 126 Å². The number of rotatable bonds is 8. The van der Waals surface area contributed by atoms with E-state index < -0.39 is 0 Å². The average molecular weight is 295 g/mol. The van der Waals surface area contributed by atoms with Gasteiger partial charge in [0, 0.05) is 25.8 Å². The van der Waals surface area contributed by atoms with Crippen molar-refractivity contribution in [3.8, 4) is 5.75 Å². The van der Waals surface area contributed by atoms with Gasteiger partial charge < -0.3 is 20.5 Å². The number of hydrogen-bond donors (Lipinski definition) is 2. The molecule has 0 radical (unpaired) electrons. The number of nitrogen functional groups attached to an aromatic ring is 1. The lowest BCUT2D eigenvalue weighted by Crippen LogP contribution is -2.40. The lowest BCUT2D eigenvalue weighted by atomic mass is 10.2. The molecule has 1 aromatic carbocycles. The summed E-state index contributed by atoms with van der Waals surface area (Å²) in [5.41, 5.74) is 6.96. The number of nitrogens with zero attached hydrogens (tertiary/aromatic N) is 1. The number of anilines is 2. The number of methoxy groups -OCH3 is 2. The van der Waals surface area contributed by atoms with Crippen LogP contribution in [0.3, 0.4) is 0 Å². The van der Waals surface area contributed by atoms with Crippen LogP contribution in [-0.2, 0) is 9.53 Å². The summed E-state index contributed by atoms with van der Waals surface area (Å²) in [4.78, 5) is 14.2. The maximum atomic E-state index is 12.1. The summed E-state index contributed by atoms with van der Waals surface area (Å²) in [5.74, 6) is 0.561. The molecule has 0 saturated carbocycles. The zero-order valence-electron chi connectivity index (χ0n) is 13.2. The third-order valence-corrected chi connectivity index (χ3v) is 3.19. The summed E-state index contributed by atoms with van der Waals surface area (Å²) in [6.45, 7) is 5.69. The van der Waals surface area contributed by atoms with Crippen molar-refractivity contribution in [1.82, 2.24) is 4.90 Å². The van der Waals surface area contributed by atoms with Crippen molar-refractivity contribution in [2.75, 3.05) is 45.0 Å². The fraction of sp³-hybridized carbons (Fsp3) is 0.533. The molecule has 0 unspecified atom stereocenters. The van der Waals surface area contributed by atoms with Crippen LogP contribution in [0, 0.1) is 0 Å². The highest BCUT2D eigenvalue weighted by molar-refractivity contribution is 5.95. The molecule has 6 nitrogen and oxygen atoms in total. The average Bonchev–Trinajstić information content (AvgIpc) is 2.45. The summed E-state index contributed by atoms with van der Waals surface area (Å²) in [5, 5.41) is 2.82. The Kier molecular flexibility index (Phi) is 6.98.